The number of carbonyl (C=O) groups is 2. The van der Waals surface area contributed by atoms with E-state index in [4.69, 9.17) is 14.2 Å². The molecular weight excluding hydrogens is 336 g/mol. The third-order valence-electron chi connectivity index (χ3n) is 4.45. The van der Waals surface area contributed by atoms with E-state index in [-0.39, 0.29) is 6.79 Å². The van der Waals surface area contributed by atoms with Gasteiger partial charge in [-0.05, 0) is 43.2 Å². The molecule has 0 aliphatic carbocycles. The van der Waals surface area contributed by atoms with Crippen LogP contribution in [0.1, 0.15) is 12.5 Å². The largest absolute Gasteiger partial charge is 0.466 e. The molecule has 2 aromatic rings. The fraction of sp³-hybridized carbons (Fsp3) is 0.263. The van der Waals surface area contributed by atoms with Crippen molar-refractivity contribution in [3.63, 3.8) is 0 Å². The van der Waals surface area contributed by atoms with Gasteiger partial charge in [0.25, 0.3) is 17.4 Å². The van der Waals surface area contributed by atoms with Crippen LogP contribution in [0.25, 0.3) is 0 Å². The van der Waals surface area contributed by atoms with E-state index in [0.717, 1.165) is 11.3 Å². The normalized spacial score (nSPS) is 20.0. The molecule has 4 rings (SSSR count). The molecule has 2 aromatic carbocycles. The molecule has 1 atom stereocenters. The number of ether oxygens (including phenoxy) is 3. The van der Waals surface area contributed by atoms with Crippen LogP contribution >= 0.6 is 0 Å². The molecule has 0 saturated carbocycles. The first-order chi connectivity index (χ1) is 12.6. The van der Waals surface area contributed by atoms with Crippen molar-refractivity contribution < 1.29 is 23.8 Å². The predicted octanol–water partition coefficient (Wildman–Crippen LogP) is 1.86. The van der Waals surface area contributed by atoms with Crippen molar-refractivity contribution in [3.05, 3.63) is 48.0 Å². The van der Waals surface area contributed by atoms with Crippen LogP contribution in [0.15, 0.2) is 42.5 Å². The Kier molecular flexibility index (Phi) is 3.91. The SMILES string of the molecule is CC1(C(=O)NCCc2ccc3c(c2)OCO3)Oc2ccccc2NC1=O. The zero-order chi connectivity index (χ0) is 18.1. The van der Waals surface area contributed by atoms with Crippen molar-refractivity contribution in [2.75, 3.05) is 18.7 Å². The van der Waals surface area contributed by atoms with Gasteiger partial charge in [-0.3, -0.25) is 9.59 Å². The zero-order valence-electron chi connectivity index (χ0n) is 14.2. The first kappa shape index (κ1) is 16.3. The number of nitrogens with one attached hydrogen (secondary N) is 2. The molecule has 2 amide bonds. The van der Waals surface area contributed by atoms with Crippen LogP contribution in [0.2, 0.25) is 0 Å². The quantitative estimate of drug-likeness (QED) is 0.819. The van der Waals surface area contributed by atoms with Crippen LogP contribution in [0.5, 0.6) is 17.2 Å². The third-order valence-corrected chi connectivity index (χ3v) is 4.45. The van der Waals surface area contributed by atoms with Gasteiger partial charge < -0.3 is 24.8 Å². The average molecular weight is 354 g/mol. The Morgan fingerprint density at radius 1 is 1.15 bits per heavy atom. The molecule has 134 valence electrons. The molecule has 2 aliphatic heterocycles. The van der Waals surface area contributed by atoms with Crippen molar-refractivity contribution in [3.8, 4) is 17.2 Å². The predicted molar refractivity (Wildman–Crippen MR) is 93.4 cm³/mol. The monoisotopic (exact) mass is 354 g/mol. The van der Waals surface area contributed by atoms with E-state index in [1.807, 2.05) is 18.2 Å². The highest BCUT2D eigenvalue weighted by Crippen LogP contribution is 2.34. The van der Waals surface area contributed by atoms with Crippen LogP contribution < -0.4 is 24.8 Å². The van der Waals surface area contributed by atoms with Gasteiger partial charge in [-0.15, -0.1) is 0 Å². The Hall–Kier alpha value is -3.22. The first-order valence-electron chi connectivity index (χ1n) is 8.32. The maximum absolute atomic E-state index is 12.6. The van der Waals surface area contributed by atoms with Crippen molar-refractivity contribution in [1.82, 2.24) is 5.32 Å². The van der Waals surface area contributed by atoms with Crippen LogP contribution in [-0.2, 0) is 16.0 Å². The summed E-state index contributed by atoms with van der Waals surface area (Å²) in [6.45, 7) is 2.06. The van der Waals surface area contributed by atoms with Gasteiger partial charge in [-0.25, -0.2) is 0 Å². The molecule has 0 radical (unpaired) electrons. The number of hydrogen-bond donors (Lipinski definition) is 2. The number of amides is 2. The van der Waals surface area contributed by atoms with E-state index >= 15 is 0 Å². The lowest BCUT2D eigenvalue weighted by atomic mass is 10.0. The molecule has 7 heteroatoms. The number of fused-ring (bicyclic) bond motifs is 2. The Labute approximate surface area is 150 Å². The number of anilines is 1. The van der Waals surface area contributed by atoms with Gasteiger partial charge in [-0.1, -0.05) is 18.2 Å². The molecule has 7 nitrogen and oxygen atoms in total. The van der Waals surface area contributed by atoms with Crippen LogP contribution in [0.3, 0.4) is 0 Å². The molecule has 0 saturated heterocycles. The Balaban J connectivity index is 1.39. The average Bonchev–Trinajstić information content (AvgIpc) is 3.10. The minimum atomic E-state index is -1.61. The first-order valence-corrected chi connectivity index (χ1v) is 8.32. The number of hydrogen-bond acceptors (Lipinski definition) is 5. The zero-order valence-corrected chi connectivity index (χ0v) is 14.2. The second-order valence-corrected chi connectivity index (χ2v) is 6.28. The van der Waals surface area contributed by atoms with Crippen molar-refractivity contribution in [1.29, 1.82) is 0 Å². The van der Waals surface area contributed by atoms with Crippen molar-refractivity contribution in [2.45, 2.75) is 18.9 Å². The van der Waals surface area contributed by atoms with E-state index in [1.54, 1.807) is 24.3 Å². The standard InChI is InChI=1S/C19H18N2O5/c1-19(18(23)21-13-4-2-3-5-14(13)26-19)17(22)20-9-8-12-6-7-15-16(10-12)25-11-24-15/h2-7,10H,8-9,11H2,1H3,(H,20,22)(H,21,23). The van der Waals surface area contributed by atoms with Gasteiger partial charge in [0, 0.05) is 6.54 Å². The molecule has 0 aromatic heterocycles. The van der Waals surface area contributed by atoms with Gasteiger partial charge in [0.1, 0.15) is 5.75 Å². The molecule has 2 heterocycles. The fourth-order valence-corrected chi connectivity index (χ4v) is 2.90. The van der Waals surface area contributed by atoms with E-state index in [2.05, 4.69) is 10.6 Å². The van der Waals surface area contributed by atoms with Gasteiger partial charge >= 0.3 is 0 Å². The molecule has 0 fully saturated rings. The summed E-state index contributed by atoms with van der Waals surface area (Å²) >= 11 is 0. The van der Waals surface area contributed by atoms with Gasteiger partial charge in [0.05, 0.1) is 5.69 Å². The van der Waals surface area contributed by atoms with Crippen molar-refractivity contribution >= 4 is 17.5 Å². The molecule has 1 unspecified atom stereocenters. The highest BCUT2D eigenvalue weighted by atomic mass is 16.7. The van der Waals surface area contributed by atoms with E-state index < -0.39 is 17.4 Å². The maximum atomic E-state index is 12.6. The molecule has 0 bridgehead atoms. The number of benzene rings is 2. The lowest BCUT2D eigenvalue weighted by Gasteiger charge is -2.33. The molecule has 2 aliphatic rings. The number of rotatable bonds is 4. The van der Waals surface area contributed by atoms with Crippen LogP contribution in [-0.4, -0.2) is 30.8 Å². The Morgan fingerprint density at radius 3 is 2.85 bits per heavy atom. The molecule has 0 spiro atoms. The smallest absolute Gasteiger partial charge is 0.278 e. The second kappa shape index (κ2) is 6.25. The third kappa shape index (κ3) is 2.81. The van der Waals surface area contributed by atoms with E-state index in [9.17, 15) is 9.59 Å². The number of carbonyl (C=O) groups excluding carboxylic acids is 2. The Morgan fingerprint density at radius 2 is 1.96 bits per heavy atom. The van der Waals surface area contributed by atoms with E-state index in [1.165, 1.54) is 6.92 Å². The molecular formula is C19H18N2O5. The highest BCUT2D eigenvalue weighted by molar-refractivity contribution is 6.15. The highest BCUT2D eigenvalue weighted by Gasteiger charge is 2.46. The van der Waals surface area contributed by atoms with E-state index in [0.29, 0.717) is 30.2 Å². The van der Waals surface area contributed by atoms with Gasteiger partial charge in [0.15, 0.2) is 11.5 Å². The topological polar surface area (TPSA) is 85.9 Å². The molecule has 2 N–H and O–H groups in total. The summed E-state index contributed by atoms with van der Waals surface area (Å²) in [5, 5.41) is 5.49. The maximum Gasteiger partial charge on any atom is 0.278 e. The summed E-state index contributed by atoms with van der Waals surface area (Å²) < 4.78 is 16.3. The summed E-state index contributed by atoms with van der Waals surface area (Å²) in [4.78, 5) is 24.9. The summed E-state index contributed by atoms with van der Waals surface area (Å²) in [5.41, 5.74) is -0.0503. The van der Waals surface area contributed by atoms with Gasteiger partial charge in [-0.2, -0.15) is 0 Å². The minimum absolute atomic E-state index is 0.224. The fourth-order valence-electron chi connectivity index (χ4n) is 2.90. The van der Waals surface area contributed by atoms with Crippen molar-refractivity contribution in [2.24, 2.45) is 0 Å². The van der Waals surface area contributed by atoms with Crippen LogP contribution in [0.4, 0.5) is 5.69 Å². The second-order valence-electron chi connectivity index (χ2n) is 6.28. The Bertz CT molecular complexity index is 882. The minimum Gasteiger partial charge on any atom is -0.466 e. The lowest BCUT2D eigenvalue weighted by molar-refractivity contribution is -0.146. The number of para-hydroxylation sites is 2. The van der Waals surface area contributed by atoms with Crippen LogP contribution in [0, 0.1) is 0 Å². The van der Waals surface area contributed by atoms with Gasteiger partial charge in [0.2, 0.25) is 6.79 Å². The molecule has 26 heavy (non-hydrogen) atoms. The summed E-state index contributed by atoms with van der Waals surface area (Å²) in [5.74, 6) is 0.922. The lowest BCUT2D eigenvalue weighted by Crippen LogP contribution is -2.58. The summed E-state index contributed by atoms with van der Waals surface area (Å²) in [6, 6.07) is 12.7. The summed E-state index contributed by atoms with van der Waals surface area (Å²) in [6.07, 6.45) is 0.594. The summed E-state index contributed by atoms with van der Waals surface area (Å²) in [7, 11) is 0.